The Bertz CT molecular complexity index is 906. The monoisotopic (exact) mass is 380 g/mol. The third-order valence-corrected chi connectivity index (χ3v) is 6.11. The number of alkyl halides is 3. The molecule has 1 heterocycles. The van der Waals surface area contributed by atoms with E-state index in [0.29, 0.717) is 10.7 Å². The molecular weight excluding hydrogens is 361 g/mol. The van der Waals surface area contributed by atoms with Gasteiger partial charge < -0.3 is 4.57 Å². The standard InChI is InChI=1S/C19H19F3N2OS/c20-19(21,22)14-5-3-4-13(10-14)17(25)23-18-24(11-12-8-9-12)15-6-1-2-7-16(15)26-18/h3-5,10,12H,1-2,6-9,11H2/b23-18-. The van der Waals surface area contributed by atoms with Crippen LogP contribution in [0.3, 0.4) is 0 Å². The van der Waals surface area contributed by atoms with Gasteiger partial charge in [0.1, 0.15) is 0 Å². The van der Waals surface area contributed by atoms with Gasteiger partial charge in [0.2, 0.25) is 0 Å². The molecule has 1 aromatic carbocycles. The van der Waals surface area contributed by atoms with Crippen LogP contribution in [0.5, 0.6) is 0 Å². The molecule has 0 N–H and O–H groups in total. The molecule has 7 heteroatoms. The Kier molecular flexibility index (Phi) is 4.50. The number of rotatable bonds is 3. The van der Waals surface area contributed by atoms with Crippen LogP contribution in [0, 0.1) is 5.92 Å². The molecule has 0 unspecified atom stereocenters. The molecule has 2 aliphatic rings. The number of carbonyl (C=O) groups excluding carboxylic acids is 1. The van der Waals surface area contributed by atoms with Crippen LogP contribution in [0.2, 0.25) is 0 Å². The van der Waals surface area contributed by atoms with E-state index in [-0.39, 0.29) is 5.56 Å². The maximum absolute atomic E-state index is 12.9. The van der Waals surface area contributed by atoms with E-state index in [0.717, 1.165) is 44.4 Å². The zero-order chi connectivity index (χ0) is 18.3. The highest BCUT2D eigenvalue weighted by atomic mass is 32.1. The van der Waals surface area contributed by atoms with E-state index in [4.69, 9.17) is 0 Å². The molecule has 0 spiro atoms. The number of carbonyl (C=O) groups is 1. The first-order valence-electron chi connectivity index (χ1n) is 8.89. The molecular formula is C19H19F3N2OS. The first-order chi connectivity index (χ1) is 12.4. The van der Waals surface area contributed by atoms with Crippen molar-refractivity contribution < 1.29 is 18.0 Å². The maximum atomic E-state index is 12.9. The van der Waals surface area contributed by atoms with Crippen LogP contribution in [-0.4, -0.2) is 10.5 Å². The van der Waals surface area contributed by atoms with Crippen LogP contribution in [-0.2, 0) is 25.6 Å². The molecule has 0 atom stereocenters. The smallest absolute Gasteiger partial charge is 0.320 e. The highest BCUT2D eigenvalue weighted by Gasteiger charge is 2.31. The minimum Gasteiger partial charge on any atom is -0.320 e. The van der Waals surface area contributed by atoms with Crippen LogP contribution in [0.25, 0.3) is 0 Å². The average Bonchev–Trinajstić information content (AvgIpc) is 3.37. The molecule has 2 aliphatic carbocycles. The van der Waals surface area contributed by atoms with Crippen LogP contribution in [0.15, 0.2) is 29.3 Å². The lowest BCUT2D eigenvalue weighted by molar-refractivity contribution is -0.137. The summed E-state index contributed by atoms with van der Waals surface area (Å²) in [5.41, 5.74) is 0.419. The van der Waals surface area contributed by atoms with Gasteiger partial charge in [0.15, 0.2) is 4.80 Å². The number of fused-ring (bicyclic) bond motifs is 1. The molecule has 0 radical (unpaired) electrons. The number of hydrogen-bond acceptors (Lipinski definition) is 2. The van der Waals surface area contributed by atoms with Gasteiger partial charge in [-0.1, -0.05) is 6.07 Å². The fraction of sp³-hybridized carbons (Fsp3) is 0.474. The van der Waals surface area contributed by atoms with Crippen molar-refractivity contribution in [3.63, 3.8) is 0 Å². The fourth-order valence-electron chi connectivity index (χ4n) is 3.35. The van der Waals surface area contributed by atoms with Crippen LogP contribution < -0.4 is 4.80 Å². The molecule has 4 rings (SSSR count). The number of aryl methyl sites for hydroxylation is 1. The molecule has 1 saturated carbocycles. The van der Waals surface area contributed by atoms with E-state index in [9.17, 15) is 18.0 Å². The van der Waals surface area contributed by atoms with Crippen molar-refractivity contribution in [3.05, 3.63) is 50.8 Å². The molecule has 0 saturated heterocycles. The fourth-order valence-corrected chi connectivity index (χ4v) is 4.57. The lowest BCUT2D eigenvalue weighted by atomic mass is 10.0. The zero-order valence-corrected chi connectivity index (χ0v) is 15.0. The summed E-state index contributed by atoms with van der Waals surface area (Å²) in [6.07, 6.45) is 2.18. The number of amides is 1. The van der Waals surface area contributed by atoms with Gasteiger partial charge in [-0.15, -0.1) is 11.3 Å². The topological polar surface area (TPSA) is 34.4 Å². The van der Waals surface area contributed by atoms with Crippen molar-refractivity contribution in [2.45, 2.75) is 51.2 Å². The number of thiazole rings is 1. The lowest BCUT2D eigenvalue weighted by Gasteiger charge is -2.14. The summed E-state index contributed by atoms with van der Waals surface area (Å²) < 4.78 is 40.8. The zero-order valence-electron chi connectivity index (χ0n) is 14.2. The van der Waals surface area contributed by atoms with E-state index in [1.807, 2.05) is 0 Å². The van der Waals surface area contributed by atoms with Gasteiger partial charge in [0, 0.05) is 22.7 Å². The van der Waals surface area contributed by atoms with Crippen molar-refractivity contribution in [3.8, 4) is 0 Å². The van der Waals surface area contributed by atoms with Gasteiger partial charge in [0.25, 0.3) is 5.91 Å². The Balaban J connectivity index is 1.71. The Morgan fingerprint density at radius 3 is 2.73 bits per heavy atom. The summed E-state index contributed by atoms with van der Waals surface area (Å²) >= 11 is 1.52. The van der Waals surface area contributed by atoms with Crippen LogP contribution >= 0.6 is 11.3 Å². The summed E-state index contributed by atoms with van der Waals surface area (Å²) in [4.78, 5) is 18.6. The van der Waals surface area contributed by atoms with Crippen LogP contribution in [0.4, 0.5) is 13.2 Å². The predicted octanol–water partition coefficient (Wildman–Crippen LogP) is 4.60. The SMILES string of the molecule is O=C(/N=c1\sc2c(n1CC1CC1)CCCC2)c1cccc(C(F)(F)F)c1. The van der Waals surface area contributed by atoms with E-state index < -0.39 is 17.6 Å². The minimum absolute atomic E-state index is 0.0239. The Labute approximate surface area is 153 Å². The molecule has 26 heavy (non-hydrogen) atoms. The van der Waals surface area contributed by atoms with Gasteiger partial charge in [0.05, 0.1) is 5.56 Å². The van der Waals surface area contributed by atoms with Crippen molar-refractivity contribution in [2.24, 2.45) is 10.9 Å². The first kappa shape index (κ1) is 17.5. The molecule has 2 aromatic rings. The second kappa shape index (κ2) is 6.68. The Morgan fingerprint density at radius 1 is 1.23 bits per heavy atom. The van der Waals surface area contributed by atoms with Crippen LogP contribution in [0.1, 0.15) is 52.2 Å². The largest absolute Gasteiger partial charge is 0.416 e. The second-order valence-corrected chi connectivity index (χ2v) is 8.07. The Hall–Kier alpha value is -1.89. The summed E-state index contributed by atoms with van der Waals surface area (Å²) in [6, 6.07) is 4.49. The summed E-state index contributed by atoms with van der Waals surface area (Å²) in [6.45, 7) is 0.862. The van der Waals surface area contributed by atoms with Gasteiger partial charge >= 0.3 is 6.18 Å². The maximum Gasteiger partial charge on any atom is 0.416 e. The molecule has 0 bridgehead atoms. The Morgan fingerprint density at radius 2 is 2.00 bits per heavy atom. The second-order valence-electron chi connectivity index (χ2n) is 7.01. The quantitative estimate of drug-likeness (QED) is 0.766. The number of nitrogens with zero attached hydrogens (tertiary/aromatic N) is 2. The number of benzene rings is 1. The molecule has 1 aromatic heterocycles. The van der Waals surface area contributed by atoms with Gasteiger partial charge in [-0.3, -0.25) is 4.79 Å². The van der Waals surface area contributed by atoms with Crippen molar-refractivity contribution in [2.75, 3.05) is 0 Å². The summed E-state index contributed by atoms with van der Waals surface area (Å²) in [7, 11) is 0. The van der Waals surface area contributed by atoms with Crippen molar-refractivity contribution >= 4 is 17.2 Å². The molecule has 1 amide bonds. The molecule has 0 aliphatic heterocycles. The molecule has 3 nitrogen and oxygen atoms in total. The average molecular weight is 380 g/mol. The predicted molar refractivity (Wildman–Crippen MR) is 93.0 cm³/mol. The van der Waals surface area contributed by atoms with Gasteiger partial charge in [-0.05, 0) is 62.6 Å². The highest BCUT2D eigenvalue weighted by Crippen LogP contribution is 2.33. The van der Waals surface area contributed by atoms with Crippen molar-refractivity contribution in [1.82, 2.24) is 4.57 Å². The van der Waals surface area contributed by atoms with E-state index >= 15 is 0 Å². The molecule has 1 fully saturated rings. The number of hydrogen-bond donors (Lipinski definition) is 0. The third kappa shape index (κ3) is 3.63. The van der Waals surface area contributed by atoms with E-state index in [1.165, 1.54) is 46.9 Å². The minimum atomic E-state index is -4.47. The highest BCUT2D eigenvalue weighted by molar-refractivity contribution is 7.09. The van der Waals surface area contributed by atoms with Gasteiger partial charge in [-0.25, -0.2) is 0 Å². The number of aromatic nitrogens is 1. The van der Waals surface area contributed by atoms with E-state index in [2.05, 4.69) is 9.56 Å². The van der Waals surface area contributed by atoms with Gasteiger partial charge in [-0.2, -0.15) is 18.2 Å². The van der Waals surface area contributed by atoms with Crippen molar-refractivity contribution in [1.29, 1.82) is 0 Å². The normalized spacial score (nSPS) is 18.0. The first-order valence-corrected chi connectivity index (χ1v) is 9.71. The summed E-state index contributed by atoms with van der Waals surface area (Å²) in [5.74, 6) is 0.0254. The number of halogens is 3. The summed E-state index contributed by atoms with van der Waals surface area (Å²) in [5, 5.41) is 0. The molecule has 138 valence electrons. The van der Waals surface area contributed by atoms with E-state index in [1.54, 1.807) is 0 Å². The lowest BCUT2D eigenvalue weighted by Crippen LogP contribution is -2.21. The third-order valence-electron chi connectivity index (χ3n) is 4.93.